The first kappa shape index (κ1) is 14.8. The molecule has 1 heterocycles. The molecular weight excluding hydrogens is 266 g/mol. The van der Waals surface area contributed by atoms with Crippen LogP contribution in [0.3, 0.4) is 0 Å². The lowest BCUT2D eigenvalue weighted by molar-refractivity contribution is -0.134. The van der Waals surface area contributed by atoms with Crippen LogP contribution in [-0.4, -0.2) is 42.4 Å². The van der Waals surface area contributed by atoms with Gasteiger partial charge < -0.3 is 16.0 Å². The van der Waals surface area contributed by atoms with Crippen molar-refractivity contribution in [2.45, 2.75) is 57.4 Å². The normalized spacial score (nSPS) is 25.9. The van der Waals surface area contributed by atoms with Crippen molar-refractivity contribution >= 4 is 11.8 Å². The summed E-state index contributed by atoms with van der Waals surface area (Å²) in [5.41, 5.74) is 5.54. The highest BCUT2D eigenvalue weighted by atomic mass is 16.2. The number of piperidine rings is 1. The lowest BCUT2D eigenvalue weighted by Crippen LogP contribution is -2.52. The number of hydrogen-bond acceptors (Lipinski definition) is 3. The van der Waals surface area contributed by atoms with Crippen molar-refractivity contribution in [2.75, 3.05) is 19.6 Å². The molecule has 0 aromatic rings. The Morgan fingerprint density at radius 1 is 1.10 bits per heavy atom. The molecule has 3 fully saturated rings. The summed E-state index contributed by atoms with van der Waals surface area (Å²) in [7, 11) is 0. The van der Waals surface area contributed by atoms with Crippen LogP contribution in [0.5, 0.6) is 0 Å². The summed E-state index contributed by atoms with van der Waals surface area (Å²) in [5, 5.41) is 3.20. The van der Waals surface area contributed by atoms with Gasteiger partial charge in [-0.3, -0.25) is 9.59 Å². The second-order valence-corrected chi connectivity index (χ2v) is 7.04. The molecule has 1 aliphatic heterocycles. The van der Waals surface area contributed by atoms with Gasteiger partial charge >= 0.3 is 0 Å². The fraction of sp³-hybridized carbons (Fsp3) is 0.875. The minimum Gasteiger partial charge on any atom is -0.353 e. The number of carbonyl (C=O) groups excluding carboxylic acids is 2. The van der Waals surface area contributed by atoms with E-state index in [1.54, 1.807) is 0 Å². The molecule has 21 heavy (non-hydrogen) atoms. The van der Waals surface area contributed by atoms with Gasteiger partial charge in [-0.05, 0) is 38.5 Å². The third-order valence-electron chi connectivity index (χ3n) is 5.50. The van der Waals surface area contributed by atoms with E-state index in [2.05, 4.69) is 5.32 Å². The number of rotatable bonds is 4. The average molecular weight is 293 g/mol. The van der Waals surface area contributed by atoms with E-state index in [0.29, 0.717) is 18.4 Å². The second kappa shape index (κ2) is 5.95. The first-order chi connectivity index (χ1) is 10.1. The highest BCUT2D eigenvalue weighted by Crippen LogP contribution is 2.37. The third-order valence-corrected chi connectivity index (χ3v) is 5.50. The first-order valence-corrected chi connectivity index (χ1v) is 8.44. The van der Waals surface area contributed by atoms with E-state index in [0.717, 1.165) is 64.5 Å². The Kier molecular flexibility index (Phi) is 4.20. The van der Waals surface area contributed by atoms with E-state index in [4.69, 9.17) is 5.73 Å². The van der Waals surface area contributed by atoms with Gasteiger partial charge in [0, 0.05) is 31.6 Å². The molecule has 2 aliphatic carbocycles. The maximum absolute atomic E-state index is 12.5. The molecule has 2 saturated carbocycles. The van der Waals surface area contributed by atoms with Crippen LogP contribution in [0.2, 0.25) is 0 Å². The molecule has 3 aliphatic rings. The van der Waals surface area contributed by atoms with E-state index in [9.17, 15) is 9.59 Å². The van der Waals surface area contributed by atoms with E-state index in [1.807, 2.05) is 4.90 Å². The van der Waals surface area contributed by atoms with Crippen LogP contribution in [0.15, 0.2) is 0 Å². The van der Waals surface area contributed by atoms with Gasteiger partial charge in [0.05, 0.1) is 5.41 Å². The van der Waals surface area contributed by atoms with Crippen molar-refractivity contribution < 1.29 is 9.59 Å². The summed E-state index contributed by atoms with van der Waals surface area (Å²) < 4.78 is 0. The SMILES string of the molecule is NCC1(C(=O)NC2CCN(C(=O)C3CC3)CC2)CCCC1. The van der Waals surface area contributed by atoms with Gasteiger partial charge in [0.1, 0.15) is 0 Å². The molecular formula is C16H27N3O2. The summed E-state index contributed by atoms with van der Waals surface area (Å²) in [4.78, 5) is 26.5. The van der Waals surface area contributed by atoms with Gasteiger partial charge in [-0.2, -0.15) is 0 Å². The molecule has 5 nitrogen and oxygen atoms in total. The maximum atomic E-state index is 12.5. The zero-order valence-corrected chi connectivity index (χ0v) is 12.8. The van der Waals surface area contributed by atoms with Crippen LogP contribution in [0.4, 0.5) is 0 Å². The largest absolute Gasteiger partial charge is 0.353 e. The highest BCUT2D eigenvalue weighted by Gasteiger charge is 2.41. The molecule has 0 unspecified atom stereocenters. The first-order valence-electron chi connectivity index (χ1n) is 8.44. The van der Waals surface area contributed by atoms with Gasteiger partial charge in [0.25, 0.3) is 0 Å². The Morgan fingerprint density at radius 3 is 2.24 bits per heavy atom. The monoisotopic (exact) mass is 293 g/mol. The van der Waals surface area contributed by atoms with Crippen LogP contribution in [0, 0.1) is 11.3 Å². The Morgan fingerprint density at radius 2 is 1.71 bits per heavy atom. The molecule has 1 saturated heterocycles. The van der Waals surface area contributed by atoms with Gasteiger partial charge in [-0.15, -0.1) is 0 Å². The molecule has 3 N–H and O–H groups in total. The van der Waals surface area contributed by atoms with Crippen molar-refractivity contribution in [3.63, 3.8) is 0 Å². The van der Waals surface area contributed by atoms with Crippen molar-refractivity contribution in [3.05, 3.63) is 0 Å². The van der Waals surface area contributed by atoms with Crippen molar-refractivity contribution in [2.24, 2.45) is 17.1 Å². The number of amides is 2. The fourth-order valence-corrected chi connectivity index (χ4v) is 3.75. The number of carbonyl (C=O) groups is 2. The topological polar surface area (TPSA) is 75.4 Å². The van der Waals surface area contributed by atoms with Crippen molar-refractivity contribution in [1.29, 1.82) is 0 Å². The Labute approximate surface area is 126 Å². The van der Waals surface area contributed by atoms with Crippen LogP contribution < -0.4 is 11.1 Å². The summed E-state index contributed by atoms with van der Waals surface area (Å²) in [5.74, 6) is 0.776. The quantitative estimate of drug-likeness (QED) is 0.812. The number of nitrogens with one attached hydrogen (secondary N) is 1. The number of likely N-dealkylation sites (tertiary alicyclic amines) is 1. The van der Waals surface area contributed by atoms with Crippen LogP contribution in [0.1, 0.15) is 51.4 Å². The summed E-state index contributed by atoms with van der Waals surface area (Å²) in [6, 6.07) is 0.213. The molecule has 0 aromatic carbocycles. The molecule has 2 amide bonds. The van der Waals surface area contributed by atoms with E-state index in [-0.39, 0.29) is 17.4 Å². The summed E-state index contributed by atoms with van der Waals surface area (Å²) in [6.45, 7) is 2.03. The molecule has 0 spiro atoms. The smallest absolute Gasteiger partial charge is 0.227 e. The summed E-state index contributed by atoms with van der Waals surface area (Å²) in [6.07, 6.45) is 7.96. The third kappa shape index (κ3) is 3.07. The van der Waals surface area contributed by atoms with Crippen LogP contribution >= 0.6 is 0 Å². The summed E-state index contributed by atoms with van der Waals surface area (Å²) >= 11 is 0. The van der Waals surface area contributed by atoms with Gasteiger partial charge in [-0.1, -0.05) is 12.8 Å². The Bertz CT molecular complexity index is 406. The van der Waals surface area contributed by atoms with Gasteiger partial charge in [0.15, 0.2) is 0 Å². The molecule has 118 valence electrons. The second-order valence-electron chi connectivity index (χ2n) is 7.04. The minimum atomic E-state index is -0.318. The van der Waals surface area contributed by atoms with Crippen LogP contribution in [0.25, 0.3) is 0 Å². The Balaban J connectivity index is 1.48. The zero-order valence-electron chi connectivity index (χ0n) is 12.8. The molecule has 0 aromatic heterocycles. The zero-order chi connectivity index (χ0) is 14.9. The van der Waals surface area contributed by atoms with Crippen molar-refractivity contribution in [3.8, 4) is 0 Å². The number of nitrogens with two attached hydrogens (primary N) is 1. The molecule has 0 atom stereocenters. The predicted octanol–water partition coefficient (Wildman–Crippen LogP) is 1.02. The van der Waals surface area contributed by atoms with Crippen molar-refractivity contribution in [1.82, 2.24) is 10.2 Å². The number of nitrogens with zero attached hydrogens (tertiary/aromatic N) is 1. The molecule has 3 rings (SSSR count). The van der Waals surface area contributed by atoms with Gasteiger partial charge in [0.2, 0.25) is 11.8 Å². The van der Waals surface area contributed by atoms with E-state index >= 15 is 0 Å². The van der Waals surface area contributed by atoms with E-state index < -0.39 is 0 Å². The average Bonchev–Trinajstić information content (AvgIpc) is 3.24. The van der Waals surface area contributed by atoms with Gasteiger partial charge in [-0.25, -0.2) is 0 Å². The lowest BCUT2D eigenvalue weighted by atomic mass is 9.84. The predicted molar refractivity (Wildman–Crippen MR) is 80.4 cm³/mol. The highest BCUT2D eigenvalue weighted by molar-refractivity contribution is 5.83. The standard InChI is InChI=1S/C16H27N3O2/c17-11-16(7-1-2-8-16)15(21)18-13-5-9-19(10-6-13)14(20)12-3-4-12/h12-13H,1-11,17H2,(H,18,21). The minimum absolute atomic E-state index is 0.148. The van der Waals surface area contributed by atoms with Crippen LogP contribution in [-0.2, 0) is 9.59 Å². The maximum Gasteiger partial charge on any atom is 0.227 e. The Hall–Kier alpha value is -1.10. The molecule has 5 heteroatoms. The fourth-order valence-electron chi connectivity index (χ4n) is 3.75. The molecule has 0 radical (unpaired) electrons. The lowest BCUT2D eigenvalue weighted by Gasteiger charge is -2.35. The molecule has 0 bridgehead atoms. The van der Waals surface area contributed by atoms with E-state index in [1.165, 1.54) is 0 Å². The number of hydrogen-bond donors (Lipinski definition) is 2.